The Morgan fingerprint density at radius 2 is 1.94 bits per heavy atom. The molecule has 0 saturated heterocycles. The van der Waals surface area contributed by atoms with E-state index < -0.39 is 0 Å². The van der Waals surface area contributed by atoms with Gasteiger partial charge in [-0.3, -0.25) is 4.98 Å². The summed E-state index contributed by atoms with van der Waals surface area (Å²) in [4.78, 5) is 12.3. The van der Waals surface area contributed by atoms with Gasteiger partial charge in [-0.05, 0) is 37.1 Å². The fourth-order valence-electron chi connectivity index (χ4n) is 1.96. The molecular formula is C14H18N4. The first-order valence-corrected chi connectivity index (χ1v) is 6.21. The number of aromatic nitrogens is 3. The van der Waals surface area contributed by atoms with Crippen molar-refractivity contribution >= 4 is 0 Å². The zero-order chi connectivity index (χ0) is 12.8. The highest BCUT2D eigenvalue weighted by molar-refractivity contribution is 5.32. The minimum absolute atomic E-state index is 0.133. The van der Waals surface area contributed by atoms with Gasteiger partial charge < -0.3 is 5.32 Å². The molecule has 0 aliphatic rings. The third-order valence-electron chi connectivity index (χ3n) is 2.89. The van der Waals surface area contributed by atoms with E-state index in [-0.39, 0.29) is 6.04 Å². The Labute approximate surface area is 108 Å². The van der Waals surface area contributed by atoms with E-state index >= 15 is 0 Å². The number of nitrogens with zero attached hydrogens (tertiary/aromatic N) is 3. The molecule has 2 aromatic heterocycles. The SMILES string of the molecule is CCCNC(c1cncnc1)c1ccncc1C. The van der Waals surface area contributed by atoms with Crippen LogP contribution in [0.15, 0.2) is 37.2 Å². The number of nitrogens with one attached hydrogen (secondary N) is 1. The summed E-state index contributed by atoms with van der Waals surface area (Å²) in [5.41, 5.74) is 3.49. The van der Waals surface area contributed by atoms with Crippen molar-refractivity contribution in [3.63, 3.8) is 0 Å². The standard InChI is InChI=1S/C14H18N4/c1-3-5-18-14(12-8-16-10-17-9-12)13-4-6-15-7-11(13)2/h4,6-10,14,18H,3,5H2,1-2H3. The lowest BCUT2D eigenvalue weighted by molar-refractivity contribution is 0.592. The van der Waals surface area contributed by atoms with Crippen molar-refractivity contribution in [2.75, 3.05) is 6.54 Å². The lowest BCUT2D eigenvalue weighted by atomic mass is 9.98. The van der Waals surface area contributed by atoms with Gasteiger partial charge in [-0.25, -0.2) is 9.97 Å². The summed E-state index contributed by atoms with van der Waals surface area (Å²) in [6.45, 7) is 5.19. The third kappa shape index (κ3) is 2.90. The van der Waals surface area contributed by atoms with Crippen LogP contribution in [0.3, 0.4) is 0 Å². The molecule has 2 aromatic rings. The summed E-state index contributed by atoms with van der Waals surface area (Å²) in [6, 6.07) is 2.18. The summed E-state index contributed by atoms with van der Waals surface area (Å²) in [5.74, 6) is 0. The molecule has 0 aliphatic heterocycles. The Kier molecular flexibility index (Phi) is 4.36. The zero-order valence-corrected chi connectivity index (χ0v) is 10.8. The Bertz CT molecular complexity index is 484. The molecule has 2 rings (SSSR count). The first kappa shape index (κ1) is 12.6. The molecule has 0 spiro atoms. The molecule has 94 valence electrons. The quantitative estimate of drug-likeness (QED) is 0.873. The summed E-state index contributed by atoms with van der Waals surface area (Å²) in [5, 5.41) is 3.54. The normalized spacial score (nSPS) is 12.3. The summed E-state index contributed by atoms with van der Waals surface area (Å²) >= 11 is 0. The van der Waals surface area contributed by atoms with Gasteiger partial charge in [-0.15, -0.1) is 0 Å². The van der Waals surface area contributed by atoms with Crippen molar-refractivity contribution in [2.45, 2.75) is 26.3 Å². The van der Waals surface area contributed by atoms with E-state index in [2.05, 4.69) is 40.2 Å². The Balaban J connectivity index is 2.34. The molecule has 2 heterocycles. The van der Waals surface area contributed by atoms with Crippen molar-refractivity contribution in [3.05, 3.63) is 53.9 Å². The fourth-order valence-corrected chi connectivity index (χ4v) is 1.96. The predicted octanol–water partition coefficient (Wildman–Crippen LogP) is 2.27. The van der Waals surface area contributed by atoms with Gasteiger partial charge in [0.05, 0.1) is 6.04 Å². The van der Waals surface area contributed by atoms with Gasteiger partial charge in [0, 0.05) is 30.4 Å². The molecule has 0 aliphatic carbocycles. The molecule has 1 unspecified atom stereocenters. The minimum Gasteiger partial charge on any atom is -0.306 e. The van der Waals surface area contributed by atoms with Crippen LogP contribution in [0.5, 0.6) is 0 Å². The molecule has 4 nitrogen and oxygen atoms in total. The Morgan fingerprint density at radius 1 is 1.17 bits per heavy atom. The van der Waals surface area contributed by atoms with E-state index in [4.69, 9.17) is 0 Å². The van der Waals surface area contributed by atoms with Gasteiger partial charge in [0.2, 0.25) is 0 Å². The number of aryl methyl sites for hydroxylation is 1. The Morgan fingerprint density at radius 3 is 2.61 bits per heavy atom. The van der Waals surface area contributed by atoms with Crippen LogP contribution in [0.1, 0.15) is 36.1 Å². The van der Waals surface area contributed by atoms with Crippen molar-refractivity contribution in [1.29, 1.82) is 0 Å². The maximum absolute atomic E-state index is 4.14. The van der Waals surface area contributed by atoms with Crippen LogP contribution in [-0.2, 0) is 0 Å². The highest BCUT2D eigenvalue weighted by atomic mass is 14.9. The van der Waals surface area contributed by atoms with Gasteiger partial charge >= 0.3 is 0 Å². The van der Waals surface area contributed by atoms with Crippen molar-refractivity contribution < 1.29 is 0 Å². The predicted molar refractivity (Wildman–Crippen MR) is 71.1 cm³/mol. The highest BCUT2D eigenvalue weighted by Crippen LogP contribution is 2.23. The largest absolute Gasteiger partial charge is 0.306 e. The third-order valence-corrected chi connectivity index (χ3v) is 2.89. The molecule has 0 radical (unpaired) electrons. The monoisotopic (exact) mass is 242 g/mol. The van der Waals surface area contributed by atoms with Crippen LogP contribution >= 0.6 is 0 Å². The molecule has 18 heavy (non-hydrogen) atoms. The zero-order valence-electron chi connectivity index (χ0n) is 10.8. The first-order chi connectivity index (χ1) is 8.83. The van der Waals surface area contributed by atoms with Gasteiger partial charge in [-0.2, -0.15) is 0 Å². The molecule has 0 saturated carbocycles. The lowest BCUT2D eigenvalue weighted by Gasteiger charge is -2.20. The molecule has 0 aromatic carbocycles. The van der Waals surface area contributed by atoms with Crippen LogP contribution in [0.2, 0.25) is 0 Å². The Hall–Kier alpha value is -1.81. The first-order valence-electron chi connectivity index (χ1n) is 6.21. The second-order valence-corrected chi connectivity index (χ2v) is 4.29. The van der Waals surface area contributed by atoms with Gasteiger partial charge in [-0.1, -0.05) is 6.92 Å². The van der Waals surface area contributed by atoms with Gasteiger partial charge in [0.1, 0.15) is 6.33 Å². The van der Waals surface area contributed by atoms with Crippen LogP contribution in [0, 0.1) is 6.92 Å². The maximum Gasteiger partial charge on any atom is 0.115 e. The molecule has 0 bridgehead atoms. The van der Waals surface area contributed by atoms with Crippen molar-refractivity contribution in [3.8, 4) is 0 Å². The smallest absolute Gasteiger partial charge is 0.115 e. The number of hydrogen-bond acceptors (Lipinski definition) is 4. The van der Waals surface area contributed by atoms with Gasteiger partial charge in [0.25, 0.3) is 0 Å². The van der Waals surface area contributed by atoms with E-state index in [0.29, 0.717) is 0 Å². The van der Waals surface area contributed by atoms with Crippen molar-refractivity contribution in [1.82, 2.24) is 20.3 Å². The number of rotatable bonds is 5. The summed E-state index contributed by atoms with van der Waals surface area (Å²) in [7, 11) is 0. The molecular weight excluding hydrogens is 224 g/mol. The van der Waals surface area contributed by atoms with Crippen molar-refractivity contribution in [2.24, 2.45) is 0 Å². The molecule has 0 amide bonds. The van der Waals surface area contributed by atoms with E-state index in [1.807, 2.05) is 24.8 Å². The second-order valence-electron chi connectivity index (χ2n) is 4.29. The van der Waals surface area contributed by atoms with Crippen LogP contribution in [0.25, 0.3) is 0 Å². The second kappa shape index (κ2) is 6.21. The number of hydrogen-bond donors (Lipinski definition) is 1. The lowest BCUT2D eigenvalue weighted by Crippen LogP contribution is -2.24. The topological polar surface area (TPSA) is 50.7 Å². The summed E-state index contributed by atoms with van der Waals surface area (Å²) in [6.07, 6.45) is 10.1. The highest BCUT2D eigenvalue weighted by Gasteiger charge is 2.15. The van der Waals surface area contributed by atoms with E-state index in [1.54, 1.807) is 6.33 Å². The van der Waals surface area contributed by atoms with Crippen LogP contribution in [0.4, 0.5) is 0 Å². The average Bonchev–Trinajstić information content (AvgIpc) is 2.42. The molecule has 0 fully saturated rings. The molecule has 1 N–H and O–H groups in total. The number of pyridine rings is 1. The molecule has 4 heteroatoms. The summed E-state index contributed by atoms with van der Waals surface area (Å²) < 4.78 is 0. The van der Waals surface area contributed by atoms with Crippen LogP contribution < -0.4 is 5.32 Å². The van der Waals surface area contributed by atoms with E-state index in [0.717, 1.165) is 18.5 Å². The molecule has 1 atom stereocenters. The van der Waals surface area contributed by atoms with Gasteiger partial charge in [0.15, 0.2) is 0 Å². The fraction of sp³-hybridized carbons (Fsp3) is 0.357. The van der Waals surface area contributed by atoms with E-state index in [9.17, 15) is 0 Å². The maximum atomic E-state index is 4.14. The average molecular weight is 242 g/mol. The minimum atomic E-state index is 0.133. The van der Waals surface area contributed by atoms with E-state index in [1.165, 1.54) is 11.1 Å². The van der Waals surface area contributed by atoms with Crippen LogP contribution in [-0.4, -0.2) is 21.5 Å².